The van der Waals surface area contributed by atoms with Crippen molar-refractivity contribution in [3.8, 4) is 0 Å². The quantitative estimate of drug-likeness (QED) is 0.162. The number of carbonyl (C=O) groups is 4. The molecule has 7 heteroatoms. The van der Waals surface area contributed by atoms with Crippen molar-refractivity contribution in [2.24, 2.45) is 0 Å². The molecule has 7 nitrogen and oxygen atoms in total. The molecular weight excluding hydrogens is 312 g/mol. The standard InChI is InChI=1S/C17H16N2O5/c1-3-10-19-15(21)13(18-17(19)23)12(16(22)24-4-2)14(20)11-8-6-5-7-9-11/h3,5-9H,1,4,10H2,2H3,(H,18,23). The molecule has 0 spiro atoms. The van der Waals surface area contributed by atoms with Gasteiger partial charge in [0.05, 0.1) is 6.61 Å². The first kappa shape index (κ1) is 17.1. The number of imide groups is 1. The molecule has 0 aromatic heterocycles. The largest absolute Gasteiger partial charge is 0.462 e. The lowest BCUT2D eigenvalue weighted by molar-refractivity contribution is -0.138. The number of amides is 3. The third-order valence-corrected chi connectivity index (χ3v) is 3.24. The van der Waals surface area contributed by atoms with Gasteiger partial charge in [0.1, 0.15) is 11.3 Å². The van der Waals surface area contributed by atoms with Crippen molar-refractivity contribution in [3.63, 3.8) is 0 Å². The first-order valence-electron chi connectivity index (χ1n) is 7.26. The Hall–Kier alpha value is -3.22. The molecule has 24 heavy (non-hydrogen) atoms. The van der Waals surface area contributed by atoms with E-state index < -0.39 is 29.3 Å². The second kappa shape index (κ2) is 7.36. The molecule has 2 rings (SSSR count). The first-order chi connectivity index (χ1) is 11.5. The van der Waals surface area contributed by atoms with Crippen LogP contribution < -0.4 is 5.32 Å². The highest BCUT2D eigenvalue weighted by molar-refractivity contribution is 6.29. The third-order valence-electron chi connectivity index (χ3n) is 3.24. The van der Waals surface area contributed by atoms with Crippen LogP contribution in [0.5, 0.6) is 0 Å². The smallest absolute Gasteiger partial charge is 0.344 e. The van der Waals surface area contributed by atoms with Crippen LogP contribution in [0.3, 0.4) is 0 Å². The lowest BCUT2D eigenvalue weighted by Gasteiger charge is -2.09. The molecule has 0 atom stereocenters. The minimum atomic E-state index is -0.963. The van der Waals surface area contributed by atoms with Crippen LogP contribution >= 0.6 is 0 Å². The maximum atomic E-state index is 12.7. The fraction of sp³-hybridized carbons (Fsp3) is 0.176. The molecule has 1 saturated heterocycles. The maximum absolute atomic E-state index is 12.7. The van der Waals surface area contributed by atoms with Crippen LogP contribution in [0.1, 0.15) is 17.3 Å². The van der Waals surface area contributed by atoms with Gasteiger partial charge in [-0.3, -0.25) is 14.5 Å². The number of ether oxygens (including phenoxy) is 1. The Bertz CT molecular complexity index is 737. The number of urea groups is 1. The van der Waals surface area contributed by atoms with Gasteiger partial charge in [-0.25, -0.2) is 9.59 Å². The molecule has 1 aliphatic heterocycles. The van der Waals surface area contributed by atoms with Crippen molar-refractivity contribution in [1.82, 2.24) is 10.2 Å². The number of benzene rings is 1. The Labute approximate surface area is 138 Å². The second-order valence-electron chi connectivity index (χ2n) is 4.80. The highest BCUT2D eigenvalue weighted by atomic mass is 16.5. The van der Waals surface area contributed by atoms with E-state index in [9.17, 15) is 19.2 Å². The molecule has 0 unspecified atom stereocenters. The molecule has 1 N–H and O–H groups in total. The molecule has 0 bridgehead atoms. The Morgan fingerprint density at radius 3 is 2.50 bits per heavy atom. The SMILES string of the molecule is C=CCN1C(=O)NC(=C(C(=O)OCC)C(=O)c2ccccc2)C1=O. The van der Waals surface area contributed by atoms with E-state index in [1.54, 1.807) is 25.1 Å². The van der Waals surface area contributed by atoms with Gasteiger partial charge >= 0.3 is 12.0 Å². The van der Waals surface area contributed by atoms with Crippen molar-refractivity contribution in [2.45, 2.75) is 6.92 Å². The van der Waals surface area contributed by atoms with Gasteiger partial charge in [0, 0.05) is 12.1 Å². The summed E-state index contributed by atoms with van der Waals surface area (Å²) >= 11 is 0. The van der Waals surface area contributed by atoms with Crippen molar-refractivity contribution in [2.75, 3.05) is 13.2 Å². The Morgan fingerprint density at radius 1 is 1.25 bits per heavy atom. The van der Waals surface area contributed by atoms with Crippen LogP contribution in [-0.2, 0) is 14.3 Å². The Kier molecular flexibility index (Phi) is 5.26. The van der Waals surface area contributed by atoms with E-state index in [1.165, 1.54) is 18.2 Å². The Morgan fingerprint density at radius 2 is 1.92 bits per heavy atom. The van der Waals surface area contributed by atoms with Gasteiger partial charge in [0.2, 0.25) is 5.78 Å². The number of hydrogen-bond acceptors (Lipinski definition) is 5. The monoisotopic (exact) mass is 328 g/mol. The van der Waals surface area contributed by atoms with E-state index in [0.717, 1.165) is 4.90 Å². The number of hydrogen-bond donors (Lipinski definition) is 1. The number of nitrogens with one attached hydrogen (secondary N) is 1. The minimum Gasteiger partial charge on any atom is -0.462 e. The number of carbonyl (C=O) groups excluding carboxylic acids is 4. The topological polar surface area (TPSA) is 92.8 Å². The molecule has 1 aromatic carbocycles. The minimum absolute atomic E-state index is 0.0240. The summed E-state index contributed by atoms with van der Waals surface area (Å²) in [6.07, 6.45) is 1.36. The number of nitrogens with zero attached hydrogens (tertiary/aromatic N) is 1. The van der Waals surface area contributed by atoms with Gasteiger partial charge in [0.25, 0.3) is 5.91 Å². The molecule has 1 heterocycles. The summed E-state index contributed by atoms with van der Waals surface area (Å²) in [6, 6.07) is 7.25. The normalized spacial score (nSPS) is 15.8. The Balaban J connectivity index is 2.53. The average Bonchev–Trinajstić information content (AvgIpc) is 2.84. The fourth-order valence-electron chi connectivity index (χ4n) is 2.16. The van der Waals surface area contributed by atoms with Crippen molar-refractivity contribution < 1.29 is 23.9 Å². The van der Waals surface area contributed by atoms with E-state index in [0.29, 0.717) is 0 Å². The molecule has 1 aromatic rings. The molecule has 124 valence electrons. The summed E-state index contributed by atoms with van der Waals surface area (Å²) in [5.41, 5.74) is -0.667. The summed E-state index contributed by atoms with van der Waals surface area (Å²) < 4.78 is 4.88. The zero-order valence-electron chi connectivity index (χ0n) is 13.1. The highest BCUT2D eigenvalue weighted by Crippen LogP contribution is 2.19. The summed E-state index contributed by atoms with van der Waals surface area (Å²) in [5, 5.41) is 2.28. The van der Waals surface area contributed by atoms with E-state index in [4.69, 9.17) is 4.74 Å². The van der Waals surface area contributed by atoms with E-state index in [-0.39, 0.29) is 24.4 Å². The molecular formula is C17H16N2O5. The van der Waals surface area contributed by atoms with Gasteiger partial charge in [-0.15, -0.1) is 6.58 Å². The van der Waals surface area contributed by atoms with Crippen LogP contribution in [0.15, 0.2) is 54.3 Å². The zero-order chi connectivity index (χ0) is 17.7. The van der Waals surface area contributed by atoms with Gasteiger partial charge in [0.15, 0.2) is 0 Å². The molecule has 0 saturated carbocycles. The number of Topliss-reactive ketones (excluding diaryl/α,β-unsaturated/α-hetero) is 1. The third kappa shape index (κ3) is 3.24. The van der Waals surface area contributed by atoms with Crippen LogP contribution in [0.4, 0.5) is 4.79 Å². The van der Waals surface area contributed by atoms with E-state index in [1.807, 2.05) is 0 Å². The van der Waals surface area contributed by atoms with Gasteiger partial charge in [-0.1, -0.05) is 36.4 Å². The molecule has 0 aliphatic carbocycles. The van der Waals surface area contributed by atoms with Crippen LogP contribution in [-0.4, -0.2) is 41.7 Å². The van der Waals surface area contributed by atoms with Crippen LogP contribution in [0.2, 0.25) is 0 Å². The molecule has 1 fully saturated rings. The lowest BCUT2D eigenvalue weighted by atomic mass is 10.0. The number of rotatable bonds is 6. The van der Waals surface area contributed by atoms with Gasteiger partial charge in [-0.05, 0) is 6.92 Å². The predicted octanol–water partition coefficient (Wildman–Crippen LogP) is 1.42. The number of ketones is 1. The summed E-state index contributed by atoms with van der Waals surface area (Å²) in [6.45, 7) is 5.02. The second-order valence-corrected chi connectivity index (χ2v) is 4.80. The van der Waals surface area contributed by atoms with Crippen LogP contribution in [0, 0.1) is 0 Å². The maximum Gasteiger partial charge on any atom is 0.344 e. The van der Waals surface area contributed by atoms with Gasteiger partial charge < -0.3 is 10.1 Å². The van der Waals surface area contributed by atoms with Crippen molar-refractivity contribution >= 4 is 23.7 Å². The average molecular weight is 328 g/mol. The molecule has 3 amide bonds. The van der Waals surface area contributed by atoms with Crippen molar-refractivity contribution in [1.29, 1.82) is 0 Å². The zero-order valence-corrected chi connectivity index (χ0v) is 13.1. The van der Waals surface area contributed by atoms with Crippen molar-refractivity contribution in [3.05, 3.63) is 59.8 Å². The lowest BCUT2D eigenvalue weighted by Crippen LogP contribution is -2.30. The highest BCUT2D eigenvalue weighted by Gasteiger charge is 2.39. The number of esters is 1. The fourth-order valence-corrected chi connectivity index (χ4v) is 2.16. The van der Waals surface area contributed by atoms with E-state index in [2.05, 4.69) is 11.9 Å². The van der Waals surface area contributed by atoms with E-state index >= 15 is 0 Å². The first-order valence-corrected chi connectivity index (χ1v) is 7.26. The summed E-state index contributed by atoms with van der Waals surface area (Å²) in [7, 11) is 0. The van der Waals surface area contributed by atoms with Crippen LogP contribution in [0.25, 0.3) is 0 Å². The van der Waals surface area contributed by atoms with Gasteiger partial charge in [-0.2, -0.15) is 0 Å². The molecule has 0 radical (unpaired) electrons. The summed E-state index contributed by atoms with van der Waals surface area (Å²) in [5.74, 6) is -2.43. The summed E-state index contributed by atoms with van der Waals surface area (Å²) in [4.78, 5) is 50.0. The molecule has 1 aliphatic rings. The predicted molar refractivity (Wildman–Crippen MR) is 84.9 cm³/mol.